The van der Waals surface area contributed by atoms with Gasteiger partial charge in [-0.15, -0.1) is 0 Å². The summed E-state index contributed by atoms with van der Waals surface area (Å²) in [4.78, 5) is 29.5. The fraction of sp³-hybridized carbons (Fsp3) is 0.167. The van der Waals surface area contributed by atoms with Gasteiger partial charge >= 0.3 is 0 Å². The van der Waals surface area contributed by atoms with Gasteiger partial charge < -0.3 is 0 Å². The fourth-order valence-electron chi connectivity index (χ4n) is 2.14. The van der Waals surface area contributed by atoms with Gasteiger partial charge in [0.15, 0.2) is 0 Å². The van der Waals surface area contributed by atoms with Crippen molar-refractivity contribution in [1.29, 1.82) is 0 Å². The number of amides is 2. The van der Waals surface area contributed by atoms with Crippen molar-refractivity contribution < 1.29 is 9.59 Å². The molecule has 3 rings (SSSR count). The second-order valence-corrected chi connectivity index (χ2v) is 4.13. The molecule has 18 heavy (non-hydrogen) atoms. The van der Waals surface area contributed by atoms with Crippen LogP contribution < -0.4 is 4.90 Å². The number of hydrogen-bond donors (Lipinski definition) is 1. The number of pyridine rings is 1. The highest BCUT2D eigenvalue weighted by Gasteiger charge is 2.39. The molecule has 90 valence electrons. The van der Waals surface area contributed by atoms with Crippen molar-refractivity contribution in [2.45, 2.75) is 13.8 Å². The molecule has 2 amide bonds. The minimum atomic E-state index is -0.400. The Morgan fingerprint density at radius 2 is 2.00 bits per heavy atom. The predicted molar refractivity (Wildman–Crippen MR) is 63.4 cm³/mol. The van der Waals surface area contributed by atoms with Crippen LogP contribution >= 0.6 is 0 Å². The first kappa shape index (κ1) is 10.6. The molecule has 0 aliphatic carbocycles. The number of carbonyl (C=O) groups excluding carboxylic acids is 2. The maximum absolute atomic E-state index is 12.2. The Hall–Kier alpha value is -2.50. The summed E-state index contributed by atoms with van der Waals surface area (Å²) in [6, 6.07) is 3.25. The molecule has 2 aromatic rings. The number of H-pyrrole nitrogens is 1. The van der Waals surface area contributed by atoms with E-state index in [4.69, 9.17) is 0 Å². The number of rotatable bonds is 1. The van der Waals surface area contributed by atoms with E-state index in [-0.39, 0.29) is 11.6 Å². The number of fused-ring (bicyclic) bond motifs is 1. The van der Waals surface area contributed by atoms with Gasteiger partial charge in [0.1, 0.15) is 5.69 Å². The average molecular weight is 242 g/mol. The summed E-state index contributed by atoms with van der Waals surface area (Å²) in [6.07, 6.45) is 1.50. The van der Waals surface area contributed by atoms with E-state index in [2.05, 4.69) is 15.2 Å². The summed E-state index contributed by atoms with van der Waals surface area (Å²) in [7, 11) is 0. The van der Waals surface area contributed by atoms with E-state index < -0.39 is 5.91 Å². The van der Waals surface area contributed by atoms with Crippen molar-refractivity contribution in [3.05, 3.63) is 41.0 Å². The van der Waals surface area contributed by atoms with Gasteiger partial charge in [-0.05, 0) is 26.0 Å². The summed E-state index contributed by atoms with van der Waals surface area (Å²) in [5.41, 5.74) is 2.34. The Morgan fingerprint density at radius 3 is 2.61 bits per heavy atom. The molecule has 0 saturated carbocycles. The highest BCUT2D eigenvalue weighted by atomic mass is 16.2. The SMILES string of the molecule is Cc1n[nH]c(C)c1N1C(=O)c2cccnc2C1=O. The lowest BCUT2D eigenvalue weighted by Gasteiger charge is -2.13. The second kappa shape index (κ2) is 3.49. The molecule has 0 bridgehead atoms. The third-order valence-corrected chi connectivity index (χ3v) is 2.96. The van der Waals surface area contributed by atoms with E-state index in [9.17, 15) is 9.59 Å². The van der Waals surface area contributed by atoms with Crippen LogP contribution in [0.5, 0.6) is 0 Å². The van der Waals surface area contributed by atoms with Crippen molar-refractivity contribution in [2.75, 3.05) is 4.90 Å². The molecule has 6 heteroatoms. The first-order valence-corrected chi connectivity index (χ1v) is 5.46. The number of imide groups is 1. The van der Waals surface area contributed by atoms with Crippen molar-refractivity contribution in [2.24, 2.45) is 0 Å². The van der Waals surface area contributed by atoms with Crippen molar-refractivity contribution >= 4 is 17.5 Å². The lowest BCUT2D eigenvalue weighted by Crippen LogP contribution is -2.30. The first-order chi connectivity index (χ1) is 8.61. The largest absolute Gasteiger partial charge is 0.284 e. The third kappa shape index (κ3) is 1.22. The molecule has 0 fully saturated rings. The summed E-state index contributed by atoms with van der Waals surface area (Å²) in [6.45, 7) is 3.52. The monoisotopic (exact) mass is 242 g/mol. The molecule has 2 aromatic heterocycles. The molecule has 3 heterocycles. The predicted octanol–water partition coefficient (Wildman–Crippen LogP) is 1.22. The number of aromatic nitrogens is 3. The quantitative estimate of drug-likeness (QED) is 0.762. The Balaban J connectivity index is 2.19. The molecule has 0 atom stereocenters. The Kier molecular flexibility index (Phi) is 2.07. The maximum atomic E-state index is 12.2. The van der Waals surface area contributed by atoms with Crippen LogP contribution in [0.4, 0.5) is 5.69 Å². The lowest BCUT2D eigenvalue weighted by molar-refractivity contribution is 0.0924. The molecule has 0 spiro atoms. The van der Waals surface area contributed by atoms with Crippen LogP contribution in [-0.4, -0.2) is 27.0 Å². The first-order valence-electron chi connectivity index (χ1n) is 5.46. The number of aromatic amines is 1. The van der Waals surface area contributed by atoms with Crippen LogP contribution in [0.25, 0.3) is 0 Å². The molecule has 1 aliphatic heterocycles. The van der Waals surface area contributed by atoms with E-state index in [0.717, 1.165) is 4.90 Å². The topological polar surface area (TPSA) is 79.0 Å². The van der Waals surface area contributed by atoms with Crippen LogP contribution in [-0.2, 0) is 0 Å². The minimum Gasteiger partial charge on any atom is -0.280 e. The van der Waals surface area contributed by atoms with Gasteiger partial charge in [0.2, 0.25) is 0 Å². The lowest BCUT2D eigenvalue weighted by atomic mass is 10.2. The standard InChI is InChI=1S/C12H10N4O2/c1-6-10(7(2)15-14-6)16-11(17)8-4-3-5-13-9(8)12(16)18/h3-5H,1-2H3,(H,14,15). The van der Waals surface area contributed by atoms with E-state index in [1.54, 1.807) is 26.0 Å². The van der Waals surface area contributed by atoms with Gasteiger partial charge in [-0.1, -0.05) is 0 Å². The summed E-state index contributed by atoms with van der Waals surface area (Å²) >= 11 is 0. The van der Waals surface area contributed by atoms with Crippen molar-refractivity contribution in [1.82, 2.24) is 15.2 Å². The zero-order valence-corrected chi connectivity index (χ0v) is 9.89. The van der Waals surface area contributed by atoms with Crippen LogP contribution in [0.1, 0.15) is 32.2 Å². The normalized spacial score (nSPS) is 14.2. The summed E-state index contributed by atoms with van der Waals surface area (Å²) in [5, 5.41) is 6.77. The van der Waals surface area contributed by atoms with E-state index >= 15 is 0 Å². The molecule has 6 nitrogen and oxygen atoms in total. The zero-order chi connectivity index (χ0) is 12.9. The van der Waals surface area contributed by atoms with Gasteiger partial charge in [0.05, 0.1) is 22.6 Å². The molecule has 0 unspecified atom stereocenters. The Labute approximate surface area is 103 Å². The summed E-state index contributed by atoms with van der Waals surface area (Å²) in [5.74, 6) is -0.751. The molecule has 0 saturated heterocycles. The number of aryl methyl sites for hydroxylation is 2. The molecule has 0 aromatic carbocycles. The van der Waals surface area contributed by atoms with Crippen molar-refractivity contribution in [3.63, 3.8) is 0 Å². The molecule has 1 aliphatic rings. The van der Waals surface area contributed by atoms with Gasteiger partial charge in [-0.2, -0.15) is 5.10 Å². The number of nitrogens with one attached hydrogen (secondary N) is 1. The highest BCUT2D eigenvalue weighted by molar-refractivity contribution is 6.34. The molecule has 0 radical (unpaired) electrons. The van der Waals surface area contributed by atoms with Crippen LogP contribution in [0, 0.1) is 13.8 Å². The van der Waals surface area contributed by atoms with Gasteiger partial charge in [-0.25, -0.2) is 4.90 Å². The fourth-order valence-corrected chi connectivity index (χ4v) is 2.14. The Morgan fingerprint density at radius 1 is 1.22 bits per heavy atom. The molecular weight excluding hydrogens is 232 g/mol. The second-order valence-electron chi connectivity index (χ2n) is 4.13. The maximum Gasteiger partial charge on any atom is 0.284 e. The number of carbonyl (C=O) groups is 2. The molecule has 1 N–H and O–H groups in total. The average Bonchev–Trinajstić information content (AvgIpc) is 2.81. The zero-order valence-electron chi connectivity index (χ0n) is 9.89. The van der Waals surface area contributed by atoms with Gasteiger partial charge in [0.25, 0.3) is 11.8 Å². The highest BCUT2D eigenvalue weighted by Crippen LogP contribution is 2.30. The number of hydrogen-bond acceptors (Lipinski definition) is 4. The summed E-state index contributed by atoms with van der Waals surface area (Å²) < 4.78 is 0. The smallest absolute Gasteiger partial charge is 0.280 e. The Bertz CT molecular complexity index is 620. The van der Waals surface area contributed by atoms with Gasteiger partial charge in [0, 0.05) is 6.20 Å². The van der Waals surface area contributed by atoms with Crippen molar-refractivity contribution in [3.8, 4) is 0 Å². The molecular formula is C12H10N4O2. The third-order valence-electron chi connectivity index (χ3n) is 2.96. The van der Waals surface area contributed by atoms with Gasteiger partial charge in [-0.3, -0.25) is 19.7 Å². The van der Waals surface area contributed by atoms with E-state index in [0.29, 0.717) is 22.6 Å². The number of anilines is 1. The van der Waals surface area contributed by atoms with Crippen LogP contribution in [0.15, 0.2) is 18.3 Å². The van der Waals surface area contributed by atoms with Crippen LogP contribution in [0.2, 0.25) is 0 Å². The van der Waals surface area contributed by atoms with E-state index in [1.807, 2.05) is 0 Å². The van der Waals surface area contributed by atoms with E-state index in [1.165, 1.54) is 6.20 Å². The van der Waals surface area contributed by atoms with Crippen LogP contribution in [0.3, 0.4) is 0 Å². The minimum absolute atomic E-state index is 0.197. The number of nitrogens with zero attached hydrogens (tertiary/aromatic N) is 3.